The fraction of sp³-hybridized carbons (Fsp3) is 0.360. The van der Waals surface area contributed by atoms with Gasteiger partial charge in [-0.15, -0.1) is 0 Å². The first-order valence-electron chi connectivity index (χ1n) is 11.1. The summed E-state index contributed by atoms with van der Waals surface area (Å²) >= 11 is 5.83. The van der Waals surface area contributed by atoms with Crippen LogP contribution in [0.5, 0.6) is 5.75 Å². The molecule has 2 aliphatic heterocycles. The van der Waals surface area contributed by atoms with Crippen LogP contribution in [-0.4, -0.2) is 39.4 Å². The van der Waals surface area contributed by atoms with E-state index >= 15 is 0 Å². The van der Waals surface area contributed by atoms with Crippen LogP contribution in [-0.2, 0) is 17.8 Å². The van der Waals surface area contributed by atoms with E-state index in [2.05, 4.69) is 56.3 Å². The summed E-state index contributed by atoms with van der Waals surface area (Å²) in [5, 5.41) is 4.29. The lowest BCUT2D eigenvalue weighted by Gasteiger charge is -2.29. The van der Waals surface area contributed by atoms with Crippen molar-refractivity contribution in [2.24, 2.45) is 0 Å². The van der Waals surface area contributed by atoms with Gasteiger partial charge in [-0.05, 0) is 67.0 Å². The average Bonchev–Trinajstić information content (AvgIpc) is 3.57. The molecule has 2 aliphatic rings. The fourth-order valence-corrected chi connectivity index (χ4v) is 5.00. The second kappa shape index (κ2) is 9.30. The summed E-state index contributed by atoms with van der Waals surface area (Å²) in [5.41, 5.74) is 3.39. The number of hydrogen-bond donors (Lipinski definition) is 1. The highest BCUT2D eigenvalue weighted by Crippen LogP contribution is 2.40. The molecule has 3 unspecified atom stereocenters. The van der Waals surface area contributed by atoms with Gasteiger partial charge in [-0.25, -0.2) is 0 Å². The second-order valence-corrected chi connectivity index (χ2v) is 8.71. The number of hydrogen-bond acceptors (Lipinski definition) is 4. The Balaban J connectivity index is 1.49. The first-order chi connectivity index (χ1) is 15.7. The van der Waals surface area contributed by atoms with Gasteiger partial charge in [0.05, 0.1) is 31.0 Å². The Bertz CT molecular complexity index is 1050. The molecule has 0 aliphatic carbocycles. The third-order valence-electron chi connectivity index (χ3n) is 6.30. The molecule has 7 heteroatoms. The number of methoxy groups -OCH3 is 1. The van der Waals surface area contributed by atoms with Gasteiger partial charge >= 0.3 is 0 Å². The lowest BCUT2D eigenvalue weighted by atomic mass is 10.0. The van der Waals surface area contributed by atoms with Crippen molar-refractivity contribution < 1.29 is 9.47 Å². The number of ether oxygens (including phenoxy) is 2. The molecule has 2 saturated heterocycles. The van der Waals surface area contributed by atoms with E-state index in [1.807, 2.05) is 30.5 Å². The molecule has 32 heavy (non-hydrogen) atoms. The molecule has 3 atom stereocenters. The number of thiocarbonyl (C=S) groups is 1. The standard InChI is InChI=1S/C25H28N4O2S/c1-30-19-11-9-18(10-12-19)16-29-24(23(27-25(29)32)21-7-2-3-13-26-21)22-8-4-14-28(22)17-20-6-5-15-31-20/h2-4,7-14,20,23-24H,5-6,15-17H2,1H3,(H,27,32). The summed E-state index contributed by atoms with van der Waals surface area (Å²) < 4.78 is 13.6. The van der Waals surface area contributed by atoms with Gasteiger partial charge in [0.25, 0.3) is 0 Å². The SMILES string of the molecule is COc1ccc(CN2C(=S)NC(c3ccccn3)C2c2cccn2CC2CCCO2)cc1. The van der Waals surface area contributed by atoms with Crippen LogP contribution < -0.4 is 10.1 Å². The summed E-state index contributed by atoms with van der Waals surface area (Å²) in [4.78, 5) is 6.93. The van der Waals surface area contributed by atoms with E-state index in [9.17, 15) is 0 Å². The van der Waals surface area contributed by atoms with E-state index in [0.717, 1.165) is 42.5 Å². The van der Waals surface area contributed by atoms with Crippen LogP contribution in [0.25, 0.3) is 0 Å². The van der Waals surface area contributed by atoms with Crippen LogP contribution in [0.4, 0.5) is 0 Å². The highest BCUT2D eigenvalue weighted by molar-refractivity contribution is 7.80. The number of rotatable bonds is 7. The monoisotopic (exact) mass is 448 g/mol. The van der Waals surface area contributed by atoms with Crippen LogP contribution in [0.15, 0.2) is 67.0 Å². The second-order valence-electron chi connectivity index (χ2n) is 8.32. The highest BCUT2D eigenvalue weighted by Gasteiger charge is 2.41. The van der Waals surface area contributed by atoms with Crippen LogP contribution in [0.2, 0.25) is 0 Å². The van der Waals surface area contributed by atoms with Gasteiger partial charge < -0.3 is 24.3 Å². The largest absolute Gasteiger partial charge is 0.497 e. The van der Waals surface area contributed by atoms with Crippen molar-refractivity contribution in [1.29, 1.82) is 0 Å². The lowest BCUT2D eigenvalue weighted by Crippen LogP contribution is -2.30. The normalized spacial score (nSPS) is 22.8. The minimum absolute atomic E-state index is 0.0240. The first kappa shape index (κ1) is 21.0. The molecule has 4 heterocycles. The molecule has 166 valence electrons. The van der Waals surface area contributed by atoms with Gasteiger partial charge in [-0.2, -0.15) is 0 Å². The molecule has 2 aromatic heterocycles. The maximum absolute atomic E-state index is 5.92. The van der Waals surface area contributed by atoms with Gasteiger partial charge in [-0.3, -0.25) is 4.98 Å². The molecule has 1 N–H and O–H groups in total. The fourth-order valence-electron chi connectivity index (χ4n) is 4.69. The zero-order chi connectivity index (χ0) is 21.9. The van der Waals surface area contributed by atoms with Gasteiger partial charge in [0.2, 0.25) is 0 Å². The zero-order valence-electron chi connectivity index (χ0n) is 18.2. The van der Waals surface area contributed by atoms with Crippen LogP contribution >= 0.6 is 12.2 Å². The minimum atomic E-state index is -0.0277. The topological polar surface area (TPSA) is 51.5 Å². The van der Waals surface area contributed by atoms with E-state index in [4.69, 9.17) is 21.7 Å². The van der Waals surface area contributed by atoms with Crippen LogP contribution in [0.3, 0.4) is 0 Å². The van der Waals surface area contributed by atoms with Crippen molar-refractivity contribution >= 4 is 17.3 Å². The van der Waals surface area contributed by atoms with Gasteiger partial charge in [0.15, 0.2) is 5.11 Å². The molecule has 3 aromatic rings. The first-order valence-corrected chi connectivity index (χ1v) is 11.5. The van der Waals surface area contributed by atoms with E-state index in [1.54, 1.807) is 7.11 Å². The van der Waals surface area contributed by atoms with E-state index in [-0.39, 0.29) is 18.2 Å². The number of pyridine rings is 1. The van der Waals surface area contributed by atoms with Gasteiger partial charge in [-0.1, -0.05) is 18.2 Å². The Morgan fingerprint density at radius 2 is 2.03 bits per heavy atom. The zero-order valence-corrected chi connectivity index (χ0v) is 19.0. The Kier molecular flexibility index (Phi) is 6.10. The van der Waals surface area contributed by atoms with Crippen molar-refractivity contribution in [2.75, 3.05) is 13.7 Å². The predicted molar refractivity (Wildman–Crippen MR) is 127 cm³/mol. The van der Waals surface area contributed by atoms with Gasteiger partial charge in [0.1, 0.15) is 5.75 Å². The maximum atomic E-state index is 5.92. The van der Waals surface area contributed by atoms with Crippen molar-refractivity contribution in [1.82, 2.24) is 19.8 Å². The van der Waals surface area contributed by atoms with E-state index in [0.29, 0.717) is 6.54 Å². The van der Waals surface area contributed by atoms with Crippen LogP contribution in [0.1, 0.15) is 41.9 Å². The quantitative estimate of drug-likeness (QED) is 0.546. The average molecular weight is 449 g/mol. The molecule has 0 radical (unpaired) electrons. The van der Waals surface area contributed by atoms with Crippen molar-refractivity contribution in [3.8, 4) is 5.75 Å². The van der Waals surface area contributed by atoms with E-state index in [1.165, 1.54) is 11.3 Å². The molecule has 5 rings (SSSR count). The van der Waals surface area contributed by atoms with E-state index < -0.39 is 0 Å². The molecule has 0 amide bonds. The molecule has 0 spiro atoms. The smallest absolute Gasteiger partial charge is 0.170 e. The molecule has 6 nitrogen and oxygen atoms in total. The molecular weight excluding hydrogens is 420 g/mol. The summed E-state index contributed by atoms with van der Waals surface area (Å²) in [5.74, 6) is 0.851. The number of nitrogens with one attached hydrogen (secondary N) is 1. The highest BCUT2D eigenvalue weighted by atomic mass is 32.1. The third kappa shape index (κ3) is 4.23. The maximum Gasteiger partial charge on any atom is 0.170 e. The Morgan fingerprint density at radius 1 is 1.16 bits per heavy atom. The predicted octanol–water partition coefficient (Wildman–Crippen LogP) is 4.24. The minimum Gasteiger partial charge on any atom is -0.497 e. The number of aromatic nitrogens is 2. The number of benzene rings is 1. The Hall–Kier alpha value is -2.90. The van der Waals surface area contributed by atoms with Crippen molar-refractivity contribution in [3.63, 3.8) is 0 Å². The molecule has 1 aromatic carbocycles. The Labute approximate surface area is 194 Å². The third-order valence-corrected chi connectivity index (χ3v) is 6.65. The summed E-state index contributed by atoms with van der Waals surface area (Å²) in [7, 11) is 1.68. The lowest BCUT2D eigenvalue weighted by molar-refractivity contribution is 0.0953. The molecule has 2 fully saturated rings. The number of nitrogens with zero attached hydrogens (tertiary/aromatic N) is 3. The molecule has 0 bridgehead atoms. The van der Waals surface area contributed by atoms with Gasteiger partial charge in [0, 0.05) is 37.8 Å². The summed E-state index contributed by atoms with van der Waals surface area (Å²) in [6, 6.07) is 18.5. The molecule has 0 saturated carbocycles. The summed E-state index contributed by atoms with van der Waals surface area (Å²) in [6.45, 7) is 2.42. The summed E-state index contributed by atoms with van der Waals surface area (Å²) in [6.07, 6.45) is 6.51. The van der Waals surface area contributed by atoms with Crippen LogP contribution in [0, 0.1) is 0 Å². The van der Waals surface area contributed by atoms with Crippen molar-refractivity contribution in [2.45, 2.75) is 44.1 Å². The van der Waals surface area contributed by atoms with Crippen molar-refractivity contribution in [3.05, 3.63) is 83.9 Å². The Morgan fingerprint density at radius 3 is 2.75 bits per heavy atom. The molecular formula is C25H28N4O2S.